The minimum atomic E-state index is 0.785. The van der Waals surface area contributed by atoms with Gasteiger partial charge in [0.2, 0.25) is 0 Å². The first-order valence-electron chi connectivity index (χ1n) is 8.49. The fraction of sp³-hybridized carbons (Fsp3) is 0.824. The average molecular weight is 294 g/mol. The van der Waals surface area contributed by atoms with E-state index in [-0.39, 0.29) is 0 Å². The number of unbranched alkanes of at least 4 members (excludes halogenated alkanes) is 1. The minimum Gasteiger partial charge on any atom is -0.357 e. The maximum atomic E-state index is 4.77. The average Bonchev–Trinajstić information content (AvgIpc) is 3.00. The van der Waals surface area contributed by atoms with Crippen molar-refractivity contribution < 1.29 is 0 Å². The second-order valence-corrected chi connectivity index (χ2v) is 6.01. The SMILES string of the molecule is C=CCCCN(C)C(=NCCN(C)C1CCCC1)NCC. The van der Waals surface area contributed by atoms with E-state index in [1.54, 1.807) is 0 Å². The van der Waals surface area contributed by atoms with E-state index in [1.807, 2.05) is 6.08 Å². The molecular formula is C17H34N4. The van der Waals surface area contributed by atoms with E-state index < -0.39 is 0 Å². The first-order valence-corrected chi connectivity index (χ1v) is 8.49. The number of nitrogens with one attached hydrogen (secondary N) is 1. The van der Waals surface area contributed by atoms with Crippen LogP contribution in [0.2, 0.25) is 0 Å². The molecule has 1 fully saturated rings. The highest BCUT2D eigenvalue weighted by Gasteiger charge is 2.18. The number of hydrogen-bond donors (Lipinski definition) is 1. The molecule has 0 amide bonds. The van der Waals surface area contributed by atoms with Gasteiger partial charge in [-0.15, -0.1) is 6.58 Å². The van der Waals surface area contributed by atoms with Crippen molar-refractivity contribution in [1.82, 2.24) is 15.1 Å². The van der Waals surface area contributed by atoms with Crippen LogP contribution in [-0.2, 0) is 0 Å². The molecule has 122 valence electrons. The summed E-state index contributed by atoms with van der Waals surface area (Å²) in [5.41, 5.74) is 0. The lowest BCUT2D eigenvalue weighted by Gasteiger charge is -2.24. The van der Waals surface area contributed by atoms with Gasteiger partial charge in [-0.05, 0) is 39.7 Å². The lowest BCUT2D eigenvalue weighted by atomic mass is 10.2. The van der Waals surface area contributed by atoms with Gasteiger partial charge in [-0.1, -0.05) is 18.9 Å². The molecule has 1 aliphatic carbocycles. The summed E-state index contributed by atoms with van der Waals surface area (Å²) < 4.78 is 0. The Balaban J connectivity index is 2.36. The first-order chi connectivity index (χ1) is 10.2. The molecule has 1 N–H and O–H groups in total. The lowest BCUT2D eigenvalue weighted by molar-refractivity contribution is 0.252. The Hall–Kier alpha value is -1.03. The zero-order valence-electron chi connectivity index (χ0n) is 14.3. The van der Waals surface area contributed by atoms with Crippen molar-refractivity contribution in [2.75, 3.05) is 40.3 Å². The third-order valence-electron chi connectivity index (χ3n) is 4.26. The molecular weight excluding hydrogens is 260 g/mol. The van der Waals surface area contributed by atoms with Gasteiger partial charge < -0.3 is 15.1 Å². The number of allylic oxidation sites excluding steroid dienone is 1. The zero-order chi connectivity index (χ0) is 15.5. The van der Waals surface area contributed by atoms with E-state index in [0.717, 1.165) is 51.0 Å². The minimum absolute atomic E-state index is 0.785. The molecule has 1 saturated carbocycles. The predicted octanol–water partition coefficient (Wildman–Crippen LogP) is 2.72. The molecule has 0 saturated heterocycles. The van der Waals surface area contributed by atoms with Crippen LogP contribution in [0.5, 0.6) is 0 Å². The van der Waals surface area contributed by atoms with Gasteiger partial charge in [0.15, 0.2) is 5.96 Å². The molecule has 4 heteroatoms. The highest BCUT2D eigenvalue weighted by atomic mass is 15.3. The number of likely N-dealkylation sites (N-methyl/N-ethyl adjacent to an activating group) is 1. The second kappa shape index (κ2) is 10.7. The molecule has 0 radical (unpaired) electrons. The van der Waals surface area contributed by atoms with Gasteiger partial charge >= 0.3 is 0 Å². The van der Waals surface area contributed by atoms with Gasteiger partial charge in [0.05, 0.1) is 6.54 Å². The van der Waals surface area contributed by atoms with Crippen LogP contribution >= 0.6 is 0 Å². The Labute approximate surface area is 131 Å². The Morgan fingerprint density at radius 3 is 2.62 bits per heavy atom. The molecule has 0 aromatic carbocycles. The van der Waals surface area contributed by atoms with Crippen molar-refractivity contribution in [2.45, 2.75) is 51.5 Å². The van der Waals surface area contributed by atoms with Crippen LogP contribution in [0.1, 0.15) is 45.4 Å². The second-order valence-electron chi connectivity index (χ2n) is 6.01. The maximum absolute atomic E-state index is 4.77. The van der Waals surface area contributed by atoms with E-state index in [9.17, 15) is 0 Å². The van der Waals surface area contributed by atoms with Crippen molar-refractivity contribution in [1.29, 1.82) is 0 Å². The van der Waals surface area contributed by atoms with Gasteiger partial charge in [-0.2, -0.15) is 0 Å². The molecule has 0 aromatic rings. The smallest absolute Gasteiger partial charge is 0.193 e. The van der Waals surface area contributed by atoms with Crippen LogP contribution in [0.25, 0.3) is 0 Å². The summed E-state index contributed by atoms with van der Waals surface area (Å²) in [6.07, 6.45) is 9.69. The third-order valence-corrected chi connectivity index (χ3v) is 4.26. The zero-order valence-corrected chi connectivity index (χ0v) is 14.3. The largest absolute Gasteiger partial charge is 0.357 e. The Kier molecular flexibility index (Phi) is 9.15. The number of rotatable bonds is 9. The molecule has 0 unspecified atom stereocenters. The Morgan fingerprint density at radius 1 is 1.29 bits per heavy atom. The summed E-state index contributed by atoms with van der Waals surface area (Å²) in [6, 6.07) is 0.785. The molecule has 0 spiro atoms. The molecule has 1 rings (SSSR count). The number of aliphatic imine (C=N–C) groups is 1. The third kappa shape index (κ3) is 6.98. The van der Waals surface area contributed by atoms with Crippen LogP contribution in [-0.4, -0.2) is 62.1 Å². The van der Waals surface area contributed by atoms with Gasteiger partial charge in [-0.3, -0.25) is 4.99 Å². The van der Waals surface area contributed by atoms with Crippen molar-refractivity contribution in [3.8, 4) is 0 Å². The van der Waals surface area contributed by atoms with Gasteiger partial charge in [0, 0.05) is 32.7 Å². The molecule has 0 atom stereocenters. The molecule has 0 aromatic heterocycles. The molecule has 4 nitrogen and oxygen atoms in total. The van der Waals surface area contributed by atoms with Crippen LogP contribution < -0.4 is 5.32 Å². The Morgan fingerprint density at radius 2 is 2.00 bits per heavy atom. The normalized spacial score (nSPS) is 16.5. The van der Waals surface area contributed by atoms with Crippen LogP contribution in [0, 0.1) is 0 Å². The molecule has 1 aliphatic rings. The highest BCUT2D eigenvalue weighted by Crippen LogP contribution is 2.21. The number of hydrogen-bond acceptors (Lipinski definition) is 2. The van der Waals surface area contributed by atoms with E-state index >= 15 is 0 Å². The van der Waals surface area contributed by atoms with Gasteiger partial charge in [-0.25, -0.2) is 0 Å². The van der Waals surface area contributed by atoms with Gasteiger partial charge in [0.1, 0.15) is 0 Å². The fourth-order valence-corrected chi connectivity index (χ4v) is 2.89. The fourth-order valence-electron chi connectivity index (χ4n) is 2.89. The summed E-state index contributed by atoms with van der Waals surface area (Å²) in [7, 11) is 4.36. The predicted molar refractivity (Wildman–Crippen MR) is 92.9 cm³/mol. The van der Waals surface area contributed by atoms with E-state index in [1.165, 1.54) is 25.7 Å². The molecule has 0 bridgehead atoms. The Bertz CT molecular complexity index is 308. The van der Waals surface area contributed by atoms with Crippen molar-refractivity contribution in [3.05, 3.63) is 12.7 Å². The molecule has 0 heterocycles. The molecule has 21 heavy (non-hydrogen) atoms. The maximum Gasteiger partial charge on any atom is 0.193 e. The van der Waals surface area contributed by atoms with Crippen LogP contribution in [0.3, 0.4) is 0 Å². The van der Waals surface area contributed by atoms with Crippen molar-refractivity contribution in [2.24, 2.45) is 4.99 Å². The topological polar surface area (TPSA) is 30.9 Å². The lowest BCUT2D eigenvalue weighted by Crippen LogP contribution is -2.40. The quantitative estimate of drug-likeness (QED) is 0.307. The highest BCUT2D eigenvalue weighted by molar-refractivity contribution is 5.79. The summed E-state index contributed by atoms with van der Waals surface area (Å²) in [6.45, 7) is 9.77. The first kappa shape index (κ1) is 18.0. The van der Waals surface area contributed by atoms with Crippen molar-refractivity contribution >= 4 is 5.96 Å². The van der Waals surface area contributed by atoms with E-state index in [0.29, 0.717) is 0 Å². The summed E-state index contributed by atoms with van der Waals surface area (Å²) in [4.78, 5) is 9.48. The van der Waals surface area contributed by atoms with Crippen molar-refractivity contribution in [3.63, 3.8) is 0 Å². The summed E-state index contributed by atoms with van der Waals surface area (Å²) in [5, 5.41) is 3.38. The number of guanidine groups is 1. The van der Waals surface area contributed by atoms with Gasteiger partial charge in [0.25, 0.3) is 0 Å². The van der Waals surface area contributed by atoms with Crippen LogP contribution in [0.4, 0.5) is 0 Å². The van der Waals surface area contributed by atoms with E-state index in [4.69, 9.17) is 4.99 Å². The summed E-state index contributed by atoms with van der Waals surface area (Å²) in [5.74, 6) is 1.03. The van der Waals surface area contributed by atoms with E-state index in [2.05, 4.69) is 42.7 Å². The standard InChI is InChI=1S/C17H34N4/c1-5-7-10-14-21(4)17(18-6-2)19-13-15-20(3)16-11-8-9-12-16/h5,16H,1,6-15H2,2-4H3,(H,18,19). The summed E-state index contributed by atoms with van der Waals surface area (Å²) >= 11 is 0. The monoisotopic (exact) mass is 294 g/mol. The van der Waals surface area contributed by atoms with Crippen LogP contribution in [0.15, 0.2) is 17.6 Å². The molecule has 0 aliphatic heterocycles. The number of nitrogens with zero attached hydrogens (tertiary/aromatic N) is 3.